The smallest absolute Gasteiger partial charge is 0.324 e. The molecule has 156 valence electrons. The zero-order valence-electron chi connectivity index (χ0n) is 17.2. The number of hydrogen-bond acceptors (Lipinski definition) is 5. The van der Waals surface area contributed by atoms with Crippen molar-refractivity contribution in [3.05, 3.63) is 59.2 Å². The Morgan fingerprint density at radius 1 is 1.10 bits per heavy atom. The van der Waals surface area contributed by atoms with Crippen molar-refractivity contribution in [2.24, 2.45) is 0 Å². The Kier molecular flexibility index (Phi) is 6.71. The van der Waals surface area contributed by atoms with Gasteiger partial charge in [0.25, 0.3) is 0 Å². The summed E-state index contributed by atoms with van der Waals surface area (Å²) in [5.41, 5.74) is 3.29. The minimum atomic E-state index is -3.79. The van der Waals surface area contributed by atoms with Crippen LogP contribution < -0.4 is 0 Å². The van der Waals surface area contributed by atoms with E-state index in [1.165, 1.54) is 4.31 Å². The van der Waals surface area contributed by atoms with Gasteiger partial charge in [-0.25, -0.2) is 8.42 Å². The molecular formula is C22H27NO4S2. The summed E-state index contributed by atoms with van der Waals surface area (Å²) in [7, 11) is -3.79. The van der Waals surface area contributed by atoms with Crippen LogP contribution in [0.2, 0.25) is 0 Å². The molecule has 2 aromatic rings. The topological polar surface area (TPSA) is 63.7 Å². The highest BCUT2D eigenvalue weighted by Gasteiger charge is 2.45. The highest BCUT2D eigenvalue weighted by molar-refractivity contribution is 8.00. The number of sulfonamides is 1. The molecule has 5 nitrogen and oxygen atoms in total. The third-order valence-electron chi connectivity index (χ3n) is 5.10. The van der Waals surface area contributed by atoms with E-state index in [1.54, 1.807) is 43.0 Å². The van der Waals surface area contributed by atoms with Crippen molar-refractivity contribution in [2.75, 3.05) is 13.2 Å². The number of hydrogen-bond donors (Lipinski definition) is 0. The van der Waals surface area contributed by atoms with Crippen LogP contribution in [-0.4, -0.2) is 43.1 Å². The lowest BCUT2D eigenvalue weighted by molar-refractivity contribution is -0.146. The first-order valence-electron chi connectivity index (χ1n) is 9.72. The van der Waals surface area contributed by atoms with Gasteiger partial charge in [-0.15, -0.1) is 11.8 Å². The second-order valence-electron chi connectivity index (χ2n) is 7.35. The number of aryl methyl sites for hydroxylation is 3. The van der Waals surface area contributed by atoms with Gasteiger partial charge >= 0.3 is 5.97 Å². The molecule has 7 heteroatoms. The zero-order valence-corrected chi connectivity index (χ0v) is 18.8. The van der Waals surface area contributed by atoms with Gasteiger partial charge in [-0.05, 0) is 57.4 Å². The number of rotatable bonds is 6. The predicted octanol–water partition coefficient (Wildman–Crippen LogP) is 4.10. The van der Waals surface area contributed by atoms with Gasteiger partial charge < -0.3 is 4.74 Å². The molecule has 1 fully saturated rings. The van der Waals surface area contributed by atoms with Crippen molar-refractivity contribution in [2.45, 2.75) is 55.2 Å². The van der Waals surface area contributed by atoms with Gasteiger partial charge in [0.1, 0.15) is 6.04 Å². The maximum atomic E-state index is 13.3. The third-order valence-corrected chi connectivity index (χ3v) is 8.54. The van der Waals surface area contributed by atoms with E-state index in [2.05, 4.69) is 0 Å². The normalized spacial score (nSPS) is 20.0. The standard InChI is InChI=1S/C22H27NO4S2/c1-5-27-22(24)20-13-18(28-21-16(3)7-6-8-17(21)4)14-23(20)29(25,26)19-11-9-15(2)10-12-19/h6-12,18,20H,5,13-14H2,1-4H3/t18-,20-/m1/s1. The van der Waals surface area contributed by atoms with Crippen LogP contribution in [0.1, 0.15) is 30.0 Å². The summed E-state index contributed by atoms with van der Waals surface area (Å²) >= 11 is 1.65. The van der Waals surface area contributed by atoms with E-state index in [0.717, 1.165) is 21.6 Å². The number of esters is 1. The number of carbonyl (C=O) groups is 1. The highest BCUT2D eigenvalue weighted by Crippen LogP contribution is 2.38. The minimum absolute atomic E-state index is 0.0237. The molecule has 1 aliphatic rings. The summed E-state index contributed by atoms with van der Waals surface area (Å²) in [4.78, 5) is 13.9. The second-order valence-corrected chi connectivity index (χ2v) is 10.6. The van der Waals surface area contributed by atoms with Crippen molar-refractivity contribution < 1.29 is 17.9 Å². The fourth-order valence-corrected chi connectivity index (χ4v) is 6.65. The molecule has 0 aliphatic carbocycles. The van der Waals surface area contributed by atoms with Gasteiger partial charge in [0.15, 0.2) is 0 Å². The zero-order chi connectivity index (χ0) is 21.2. The lowest BCUT2D eigenvalue weighted by atomic mass is 10.2. The number of thioether (sulfide) groups is 1. The molecule has 0 spiro atoms. The molecule has 3 rings (SSSR count). The molecule has 2 aromatic carbocycles. The predicted molar refractivity (Wildman–Crippen MR) is 116 cm³/mol. The van der Waals surface area contributed by atoms with E-state index < -0.39 is 22.0 Å². The molecule has 1 aliphatic heterocycles. The van der Waals surface area contributed by atoms with Crippen molar-refractivity contribution in [3.63, 3.8) is 0 Å². The van der Waals surface area contributed by atoms with Crippen LogP contribution in [0, 0.1) is 20.8 Å². The molecule has 0 bridgehead atoms. The maximum Gasteiger partial charge on any atom is 0.324 e. The van der Waals surface area contributed by atoms with Gasteiger partial charge in [-0.2, -0.15) is 4.31 Å². The van der Waals surface area contributed by atoms with Gasteiger partial charge in [0.2, 0.25) is 10.0 Å². The number of carbonyl (C=O) groups excluding carboxylic acids is 1. The highest BCUT2D eigenvalue weighted by atomic mass is 32.2. The average Bonchev–Trinajstić information content (AvgIpc) is 3.10. The lowest BCUT2D eigenvalue weighted by Crippen LogP contribution is -2.41. The summed E-state index contributed by atoms with van der Waals surface area (Å²) in [6.45, 7) is 8.24. The molecule has 1 heterocycles. The largest absolute Gasteiger partial charge is 0.465 e. The first kappa shape index (κ1) is 21.9. The fraction of sp³-hybridized carbons (Fsp3) is 0.409. The second kappa shape index (κ2) is 8.90. The first-order valence-corrected chi connectivity index (χ1v) is 12.0. The molecule has 29 heavy (non-hydrogen) atoms. The van der Waals surface area contributed by atoms with Crippen LogP contribution in [0.3, 0.4) is 0 Å². The van der Waals surface area contributed by atoms with Gasteiger partial charge in [0, 0.05) is 16.7 Å². The molecule has 0 aromatic heterocycles. The van der Waals surface area contributed by atoms with E-state index >= 15 is 0 Å². The van der Waals surface area contributed by atoms with Crippen LogP contribution in [0.15, 0.2) is 52.3 Å². The Morgan fingerprint density at radius 3 is 2.31 bits per heavy atom. The molecule has 0 amide bonds. The average molecular weight is 434 g/mol. The molecule has 0 unspecified atom stereocenters. The van der Waals surface area contributed by atoms with Crippen molar-refractivity contribution in [1.82, 2.24) is 4.31 Å². The van der Waals surface area contributed by atoms with E-state index in [1.807, 2.05) is 39.0 Å². The van der Waals surface area contributed by atoms with Gasteiger partial charge in [0.05, 0.1) is 11.5 Å². The molecule has 0 radical (unpaired) electrons. The summed E-state index contributed by atoms with van der Waals surface area (Å²) in [6.07, 6.45) is 0.433. The van der Waals surface area contributed by atoms with E-state index in [9.17, 15) is 13.2 Å². The Hall–Kier alpha value is -1.83. The Balaban J connectivity index is 1.91. The van der Waals surface area contributed by atoms with Crippen LogP contribution in [0.5, 0.6) is 0 Å². The number of nitrogens with zero attached hydrogens (tertiary/aromatic N) is 1. The van der Waals surface area contributed by atoms with Crippen molar-refractivity contribution >= 4 is 27.8 Å². The van der Waals surface area contributed by atoms with Gasteiger partial charge in [-0.1, -0.05) is 35.9 Å². The summed E-state index contributed by atoms with van der Waals surface area (Å²) in [5, 5.41) is -0.0237. The van der Waals surface area contributed by atoms with Crippen LogP contribution in [-0.2, 0) is 19.6 Å². The van der Waals surface area contributed by atoms with Crippen LogP contribution in [0.4, 0.5) is 0 Å². The molecule has 2 atom stereocenters. The fourth-order valence-electron chi connectivity index (χ4n) is 3.57. The Labute approximate surface area is 177 Å². The van der Waals surface area contributed by atoms with E-state index in [0.29, 0.717) is 6.42 Å². The SMILES string of the molecule is CCOC(=O)[C@H]1C[C@@H](Sc2c(C)cccc2C)CN1S(=O)(=O)c1ccc(C)cc1. The van der Waals surface area contributed by atoms with Gasteiger partial charge in [-0.3, -0.25) is 4.79 Å². The quantitative estimate of drug-likeness (QED) is 0.642. The Bertz CT molecular complexity index is 966. The maximum absolute atomic E-state index is 13.3. The van der Waals surface area contributed by atoms with Crippen molar-refractivity contribution in [1.29, 1.82) is 0 Å². The lowest BCUT2D eigenvalue weighted by Gasteiger charge is -2.22. The van der Waals surface area contributed by atoms with Crippen molar-refractivity contribution in [3.8, 4) is 0 Å². The molecular weight excluding hydrogens is 406 g/mol. The summed E-state index contributed by atoms with van der Waals surface area (Å²) in [5.74, 6) is -0.479. The molecule has 0 saturated carbocycles. The third kappa shape index (κ3) is 4.68. The first-order chi connectivity index (χ1) is 13.7. The minimum Gasteiger partial charge on any atom is -0.465 e. The number of ether oxygens (including phenoxy) is 1. The van der Waals surface area contributed by atoms with E-state index in [-0.39, 0.29) is 23.3 Å². The summed E-state index contributed by atoms with van der Waals surface area (Å²) < 4.78 is 33.1. The Morgan fingerprint density at radius 2 is 1.72 bits per heavy atom. The molecule has 1 saturated heterocycles. The van der Waals surface area contributed by atoms with Crippen LogP contribution in [0.25, 0.3) is 0 Å². The monoisotopic (exact) mass is 433 g/mol. The number of benzene rings is 2. The van der Waals surface area contributed by atoms with Crippen LogP contribution >= 0.6 is 11.8 Å². The summed E-state index contributed by atoms with van der Waals surface area (Å²) in [6, 6.07) is 12.0. The molecule has 0 N–H and O–H groups in total. The van der Waals surface area contributed by atoms with E-state index in [4.69, 9.17) is 4.74 Å².